The van der Waals surface area contributed by atoms with Crippen LogP contribution >= 0.6 is 23.2 Å². The SMILES string of the molecule is CS(=O)(=O)c1ccc(NC(=O)c2cc(Cl)nnc2Cl)cn1. The number of aromatic nitrogens is 3. The normalized spacial score (nSPS) is 11.2. The van der Waals surface area contributed by atoms with Crippen LogP contribution in [0.3, 0.4) is 0 Å². The van der Waals surface area contributed by atoms with Gasteiger partial charge >= 0.3 is 0 Å². The van der Waals surface area contributed by atoms with Gasteiger partial charge in [-0.25, -0.2) is 13.4 Å². The Morgan fingerprint density at radius 1 is 1.24 bits per heavy atom. The van der Waals surface area contributed by atoms with Crippen LogP contribution in [0.1, 0.15) is 10.4 Å². The highest BCUT2D eigenvalue weighted by molar-refractivity contribution is 7.90. The third-order valence-electron chi connectivity index (χ3n) is 2.34. The molecule has 0 aromatic carbocycles. The van der Waals surface area contributed by atoms with Gasteiger partial charge in [-0.15, -0.1) is 10.2 Å². The van der Waals surface area contributed by atoms with Crippen LogP contribution in [0, 0.1) is 0 Å². The Labute approximate surface area is 130 Å². The topological polar surface area (TPSA) is 102 Å². The molecule has 0 spiro atoms. The van der Waals surface area contributed by atoms with E-state index in [9.17, 15) is 13.2 Å². The van der Waals surface area contributed by atoms with E-state index in [-0.39, 0.29) is 20.9 Å². The van der Waals surface area contributed by atoms with Crippen molar-refractivity contribution in [2.75, 3.05) is 11.6 Å². The van der Waals surface area contributed by atoms with Gasteiger partial charge in [-0.05, 0) is 18.2 Å². The third kappa shape index (κ3) is 3.87. The summed E-state index contributed by atoms with van der Waals surface area (Å²) in [6.07, 6.45) is 2.26. The van der Waals surface area contributed by atoms with Crippen molar-refractivity contribution in [3.63, 3.8) is 0 Å². The number of hydrogen-bond donors (Lipinski definition) is 1. The van der Waals surface area contributed by atoms with Crippen LogP contribution in [-0.2, 0) is 9.84 Å². The summed E-state index contributed by atoms with van der Waals surface area (Å²) in [4.78, 5) is 15.7. The van der Waals surface area contributed by atoms with Crippen LogP contribution < -0.4 is 5.32 Å². The average Bonchev–Trinajstić information content (AvgIpc) is 2.41. The Morgan fingerprint density at radius 2 is 1.95 bits per heavy atom. The van der Waals surface area contributed by atoms with Crippen LogP contribution in [0.4, 0.5) is 5.69 Å². The van der Waals surface area contributed by atoms with E-state index in [1.807, 2.05) is 0 Å². The Bertz CT molecular complexity index is 794. The predicted octanol–water partition coefficient (Wildman–Crippen LogP) is 1.83. The fraction of sp³-hybridized carbons (Fsp3) is 0.0909. The molecule has 7 nitrogen and oxygen atoms in total. The van der Waals surface area contributed by atoms with Crippen molar-refractivity contribution >= 4 is 44.6 Å². The summed E-state index contributed by atoms with van der Waals surface area (Å²) in [5.74, 6) is -0.564. The van der Waals surface area contributed by atoms with Gasteiger partial charge < -0.3 is 5.32 Å². The summed E-state index contributed by atoms with van der Waals surface area (Å²) >= 11 is 11.4. The van der Waals surface area contributed by atoms with Gasteiger partial charge in [0.05, 0.1) is 17.4 Å². The molecule has 10 heteroatoms. The second-order valence-corrected chi connectivity index (χ2v) is 6.69. The standard InChI is InChI=1S/C11H8Cl2N4O3S/c1-21(19,20)9-3-2-6(5-14-9)15-11(18)7-4-8(12)16-17-10(7)13/h2-5H,1H3,(H,15,18). The minimum atomic E-state index is -3.39. The van der Waals surface area contributed by atoms with Crippen molar-refractivity contribution in [2.45, 2.75) is 5.03 Å². The molecule has 0 fully saturated rings. The number of nitrogens with zero attached hydrogens (tertiary/aromatic N) is 3. The van der Waals surface area contributed by atoms with Gasteiger partial charge in [0.1, 0.15) is 0 Å². The molecule has 0 saturated carbocycles. The van der Waals surface area contributed by atoms with E-state index in [2.05, 4.69) is 20.5 Å². The van der Waals surface area contributed by atoms with Crippen molar-refractivity contribution in [3.8, 4) is 0 Å². The molecule has 21 heavy (non-hydrogen) atoms. The van der Waals surface area contributed by atoms with Crippen molar-refractivity contribution in [1.29, 1.82) is 0 Å². The number of hydrogen-bond acceptors (Lipinski definition) is 6. The Kier molecular flexibility index (Phi) is 4.40. The minimum absolute atomic E-state index is 0.0232. The van der Waals surface area contributed by atoms with Gasteiger partial charge in [-0.2, -0.15) is 0 Å². The zero-order chi connectivity index (χ0) is 15.6. The summed E-state index contributed by atoms with van der Waals surface area (Å²) in [6.45, 7) is 0. The molecule has 110 valence electrons. The first-order valence-electron chi connectivity index (χ1n) is 5.43. The average molecular weight is 347 g/mol. The molecule has 2 rings (SSSR count). The van der Waals surface area contributed by atoms with Gasteiger partial charge in [-0.1, -0.05) is 23.2 Å². The third-order valence-corrected chi connectivity index (χ3v) is 3.80. The maximum absolute atomic E-state index is 12.0. The molecular weight excluding hydrogens is 339 g/mol. The fourth-order valence-corrected chi connectivity index (χ4v) is 2.27. The van der Waals surface area contributed by atoms with Gasteiger partial charge in [0.25, 0.3) is 5.91 Å². The maximum Gasteiger partial charge on any atom is 0.259 e. The summed E-state index contributed by atoms with van der Waals surface area (Å²) < 4.78 is 22.5. The number of anilines is 1. The van der Waals surface area contributed by atoms with E-state index in [0.717, 1.165) is 6.26 Å². The van der Waals surface area contributed by atoms with Crippen LogP contribution in [0.15, 0.2) is 29.4 Å². The molecule has 2 aromatic rings. The van der Waals surface area contributed by atoms with E-state index in [4.69, 9.17) is 23.2 Å². The fourth-order valence-electron chi connectivity index (χ4n) is 1.38. The van der Waals surface area contributed by atoms with Crippen molar-refractivity contribution in [3.05, 3.63) is 40.3 Å². The molecule has 0 atom stereocenters. The summed E-state index contributed by atoms with van der Waals surface area (Å²) in [7, 11) is -3.39. The highest BCUT2D eigenvalue weighted by Crippen LogP contribution is 2.17. The van der Waals surface area contributed by atoms with Crippen LogP contribution in [0.25, 0.3) is 0 Å². The summed E-state index contributed by atoms with van der Waals surface area (Å²) in [6, 6.07) is 3.96. The lowest BCUT2D eigenvalue weighted by Crippen LogP contribution is -2.14. The van der Waals surface area contributed by atoms with Crippen molar-refractivity contribution < 1.29 is 13.2 Å². The van der Waals surface area contributed by atoms with E-state index < -0.39 is 15.7 Å². The first-order valence-corrected chi connectivity index (χ1v) is 8.08. The number of rotatable bonds is 3. The first-order chi connectivity index (χ1) is 9.77. The second kappa shape index (κ2) is 5.92. The zero-order valence-corrected chi connectivity index (χ0v) is 12.9. The highest BCUT2D eigenvalue weighted by Gasteiger charge is 2.14. The smallest absolute Gasteiger partial charge is 0.259 e. The number of carbonyl (C=O) groups excluding carboxylic acids is 1. The predicted molar refractivity (Wildman–Crippen MR) is 77.4 cm³/mol. The number of carbonyl (C=O) groups is 1. The quantitative estimate of drug-likeness (QED) is 0.909. The Balaban J connectivity index is 2.22. The minimum Gasteiger partial charge on any atom is -0.320 e. The molecule has 1 amide bonds. The monoisotopic (exact) mass is 346 g/mol. The number of amides is 1. The van der Waals surface area contributed by atoms with E-state index in [1.165, 1.54) is 24.4 Å². The van der Waals surface area contributed by atoms with Crippen LogP contribution in [-0.4, -0.2) is 35.8 Å². The van der Waals surface area contributed by atoms with Crippen molar-refractivity contribution in [2.24, 2.45) is 0 Å². The molecule has 2 heterocycles. The number of halogens is 2. The number of pyridine rings is 1. The second-order valence-electron chi connectivity index (χ2n) is 3.98. The molecule has 0 aliphatic carbocycles. The zero-order valence-electron chi connectivity index (χ0n) is 10.5. The maximum atomic E-state index is 12.0. The van der Waals surface area contributed by atoms with Crippen molar-refractivity contribution in [1.82, 2.24) is 15.2 Å². The van der Waals surface area contributed by atoms with Crippen LogP contribution in [0.5, 0.6) is 0 Å². The molecule has 2 aromatic heterocycles. The molecule has 0 aliphatic heterocycles. The molecule has 0 unspecified atom stereocenters. The molecule has 0 bridgehead atoms. The summed E-state index contributed by atoms with van der Waals surface area (Å²) in [5.41, 5.74) is 0.347. The highest BCUT2D eigenvalue weighted by atomic mass is 35.5. The molecule has 0 aliphatic rings. The van der Waals surface area contributed by atoms with Gasteiger partial charge in [0.2, 0.25) is 0 Å². The molecule has 0 saturated heterocycles. The number of sulfone groups is 1. The van der Waals surface area contributed by atoms with Gasteiger partial charge in [0.15, 0.2) is 25.2 Å². The molecule has 1 N–H and O–H groups in total. The van der Waals surface area contributed by atoms with Crippen LogP contribution in [0.2, 0.25) is 10.3 Å². The van der Waals surface area contributed by atoms with Gasteiger partial charge in [-0.3, -0.25) is 4.79 Å². The van der Waals surface area contributed by atoms with E-state index in [1.54, 1.807) is 0 Å². The lowest BCUT2D eigenvalue weighted by molar-refractivity contribution is 0.102. The lowest BCUT2D eigenvalue weighted by Gasteiger charge is -2.06. The molecule has 0 radical (unpaired) electrons. The largest absolute Gasteiger partial charge is 0.320 e. The van der Waals surface area contributed by atoms with E-state index in [0.29, 0.717) is 5.69 Å². The number of nitrogens with one attached hydrogen (secondary N) is 1. The summed E-state index contributed by atoms with van der Waals surface area (Å²) in [5, 5.41) is 9.34. The van der Waals surface area contributed by atoms with E-state index >= 15 is 0 Å². The first kappa shape index (κ1) is 15.6. The Morgan fingerprint density at radius 3 is 2.52 bits per heavy atom. The lowest BCUT2D eigenvalue weighted by atomic mass is 10.3. The molecular formula is C11H8Cl2N4O3S. The Hall–Kier alpha value is -1.77. The van der Waals surface area contributed by atoms with Gasteiger partial charge in [0, 0.05) is 6.26 Å².